The van der Waals surface area contributed by atoms with E-state index in [0.29, 0.717) is 0 Å². The average molecular weight is 242 g/mol. The predicted octanol–water partition coefficient (Wildman–Crippen LogP) is 3.62. The molecule has 2 atom stereocenters. The summed E-state index contributed by atoms with van der Waals surface area (Å²) in [5, 5.41) is 0. The smallest absolute Gasteiger partial charge is 0.128 e. The third kappa shape index (κ3) is 1.41. The maximum absolute atomic E-state index is 6.14. The minimum absolute atomic E-state index is 0.0383. The number of benzene rings is 1. The Morgan fingerprint density at radius 1 is 1.33 bits per heavy atom. The number of methoxy groups -OCH3 is 1. The number of ether oxygens (including phenoxy) is 2. The molecule has 0 spiro atoms. The summed E-state index contributed by atoms with van der Waals surface area (Å²) >= 11 is 0. The molecule has 2 heteroatoms. The molecule has 0 N–H and O–H groups in total. The average Bonchev–Trinajstić information content (AvgIpc) is 2.33. The van der Waals surface area contributed by atoms with Crippen molar-refractivity contribution in [3.8, 4) is 11.5 Å². The van der Waals surface area contributed by atoms with Gasteiger partial charge in [-0.2, -0.15) is 0 Å². The number of hydrogen-bond donors (Lipinski definition) is 0. The molecule has 2 nitrogen and oxygen atoms in total. The normalized spacial score (nSPS) is 32.7. The minimum atomic E-state index is -0.241. The van der Waals surface area contributed by atoms with E-state index in [0.717, 1.165) is 23.5 Å². The van der Waals surface area contributed by atoms with Crippen molar-refractivity contribution in [2.24, 2.45) is 0 Å². The largest absolute Gasteiger partial charge is 0.497 e. The number of allylic oxidation sites excluding steroid dienone is 2. The van der Waals surface area contributed by atoms with Gasteiger partial charge in [-0.05, 0) is 24.6 Å². The first-order valence-electron chi connectivity index (χ1n) is 6.23. The van der Waals surface area contributed by atoms with Crippen LogP contribution >= 0.6 is 0 Å². The summed E-state index contributed by atoms with van der Waals surface area (Å²) in [5.74, 6) is 1.74. The molecule has 1 aliphatic heterocycles. The van der Waals surface area contributed by atoms with Gasteiger partial charge in [0, 0.05) is 23.5 Å². The molecule has 0 amide bonds. The van der Waals surface area contributed by atoms with Crippen molar-refractivity contribution in [1.29, 1.82) is 0 Å². The summed E-state index contributed by atoms with van der Waals surface area (Å²) in [7, 11) is 1.67. The lowest BCUT2D eigenvalue weighted by molar-refractivity contribution is 0.0797. The van der Waals surface area contributed by atoms with E-state index in [1.165, 1.54) is 5.56 Å². The molecule has 1 aromatic carbocycles. The molecule has 3 rings (SSSR count). The van der Waals surface area contributed by atoms with Gasteiger partial charge in [0.25, 0.3) is 0 Å². The van der Waals surface area contributed by atoms with Gasteiger partial charge in [-0.15, -0.1) is 0 Å². The van der Waals surface area contributed by atoms with Crippen LogP contribution in [0, 0.1) is 0 Å². The first-order valence-corrected chi connectivity index (χ1v) is 6.23. The Hall–Kier alpha value is -1.70. The van der Waals surface area contributed by atoms with Gasteiger partial charge in [0.05, 0.1) is 7.11 Å². The van der Waals surface area contributed by atoms with Gasteiger partial charge >= 0.3 is 0 Å². The fourth-order valence-electron chi connectivity index (χ4n) is 3.09. The van der Waals surface area contributed by atoms with E-state index in [1.54, 1.807) is 7.11 Å². The maximum Gasteiger partial charge on any atom is 0.128 e. The Kier molecular flexibility index (Phi) is 2.16. The highest BCUT2D eigenvalue weighted by molar-refractivity contribution is 5.55. The summed E-state index contributed by atoms with van der Waals surface area (Å²) < 4.78 is 11.4. The molecule has 0 saturated heterocycles. The van der Waals surface area contributed by atoms with Crippen molar-refractivity contribution in [3.63, 3.8) is 0 Å². The molecule has 94 valence electrons. The van der Waals surface area contributed by atoms with Crippen molar-refractivity contribution >= 4 is 0 Å². The second-order valence-electron chi connectivity index (χ2n) is 5.64. The molecule has 18 heavy (non-hydrogen) atoms. The molecule has 0 fully saturated rings. The van der Waals surface area contributed by atoms with Gasteiger partial charge in [0.15, 0.2) is 0 Å². The SMILES string of the molecule is C=C1C=C[C@@]2(C)C[C@]1(C)c1ccc(OC)cc1O2. The molecular weight excluding hydrogens is 224 g/mol. The quantitative estimate of drug-likeness (QED) is 0.748. The molecule has 2 bridgehead atoms. The van der Waals surface area contributed by atoms with Crippen LogP contribution < -0.4 is 9.47 Å². The Bertz CT molecular complexity index is 558. The zero-order chi connectivity index (χ0) is 13.0. The highest BCUT2D eigenvalue weighted by atomic mass is 16.5. The van der Waals surface area contributed by atoms with E-state index in [9.17, 15) is 0 Å². The monoisotopic (exact) mass is 242 g/mol. The van der Waals surface area contributed by atoms with Gasteiger partial charge in [-0.1, -0.05) is 25.6 Å². The van der Waals surface area contributed by atoms with E-state index in [2.05, 4.69) is 38.6 Å². The van der Waals surface area contributed by atoms with Crippen molar-refractivity contribution in [3.05, 3.63) is 48.1 Å². The number of rotatable bonds is 1. The molecule has 2 aliphatic rings. The molecular formula is C16H18O2. The Morgan fingerprint density at radius 2 is 2.11 bits per heavy atom. The highest BCUT2D eigenvalue weighted by Crippen LogP contribution is 2.52. The van der Waals surface area contributed by atoms with Crippen molar-refractivity contribution in [2.45, 2.75) is 31.3 Å². The molecule has 1 heterocycles. The topological polar surface area (TPSA) is 18.5 Å². The first kappa shape index (κ1) is 11.4. The number of fused-ring (bicyclic) bond motifs is 4. The molecule has 0 unspecified atom stereocenters. The van der Waals surface area contributed by atoms with Crippen LogP contribution in [0.2, 0.25) is 0 Å². The van der Waals surface area contributed by atoms with Crippen LogP contribution in [0.4, 0.5) is 0 Å². The predicted molar refractivity (Wildman–Crippen MR) is 72.3 cm³/mol. The Labute approximate surface area is 108 Å². The maximum atomic E-state index is 6.14. The molecule has 1 aromatic rings. The second-order valence-corrected chi connectivity index (χ2v) is 5.64. The third-order valence-electron chi connectivity index (χ3n) is 4.18. The van der Waals surface area contributed by atoms with Crippen LogP contribution in [0.5, 0.6) is 11.5 Å². The Morgan fingerprint density at radius 3 is 2.83 bits per heavy atom. The molecule has 0 aromatic heterocycles. The van der Waals surface area contributed by atoms with Crippen molar-refractivity contribution in [1.82, 2.24) is 0 Å². The number of hydrogen-bond acceptors (Lipinski definition) is 2. The van der Waals surface area contributed by atoms with E-state index in [4.69, 9.17) is 9.47 Å². The molecule has 1 aliphatic carbocycles. The van der Waals surface area contributed by atoms with E-state index < -0.39 is 0 Å². The van der Waals surface area contributed by atoms with Crippen LogP contribution in [-0.4, -0.2) is 12.7 Å². The lowest BCUT2D eigenvalue weighted by Gasteiger charge is -2.48. The summed E-state index contributed by atoms with van der Waals surface area (Å²) in [5.41, 5.74) is 2.07. The van der Waals surface area contributed by atoms with Gasteiger partial charge in [-0.25, -0.2) is 0 Å². The second kappa shape index (κ2) is 3.41. The van der Waals surface area contributed by atoms with Gasteiger partial charge in [0.1, 0.15) is 17.1 Å². The fourth-order valence-corrected chi connectivity index (χ4v) is 3.09. The molecule has 0 saturated carbocycles. The molecule has 0 radical (unpaired) electrons. The van der Waals surface area contributed by atoms with Crippen molar-refractivity contribution in [2.75, 3.05) is 7.11 Å². The van der Waals surface area contributed by atoms with Crippen LogP contribution in [0.3, 0.4) is 0 Å². The van der Waals surface area contributed by atoms with E-state index in [1.807, 2.05) is 12.1 Å². The summed E-state index contributed by atoms with van der Waals surface area (Å²) in [6.45, 7) is 8.57. The van der Waals surface area contributed by atoms with Gasteiger partial charge in [0.2, 0.25) is 0 Å². The fraction of sp³-hybridized carbons (Fsp3) is 0.375. The van der Waals surface area contributed by atoms with Gasteiger partial charge < -0.3 is 9.47 Å². The zero-order valence-corrected chi connectivity index (χ0v) is 11.1. The van der Waals surface area contributed by atoms with Crippen LogP contribution in [0.25, 0.3) is 0 Å². The van der Waals surface area contributed by atoms with Crippen molar-refractivity contribution < 1.29 is 9.47 Å². The Balaban J connectivity index is 2.21. The van der Waals surface area contributed by atoms with Crippen LogP contribution in [0.15, 0.2) is 42.5 Å². The standard InChI is InChI=1S/C16H18O2/c1-11-7-8-15(2)10-16(11,3)13-6-5-12(17-4)9-14(13)18-15/h5-9H,1,10H2,2-4H3/t15-,16-/m0/s1. The minimum Gasteiger partial charge on any atom is -0.497 e. The first-order chi connectivity index (χ1) is 8.47. The summed E-state index contributed by atoms with van der Waals surface area (Å²) in [4.78, 5) is 0. The lowest BCUT2D eigenvalue weighted by Crippen LogP contribution is -2.46. The third-order valence-corrected chi connectivity index (χ3v) is 4.18. The summed E-state index contributed by atoms with van der Waals surface area (Å²) in [6, 6.07) is 6.05. The van der Waals surface area contributed by atoms with Crippen LogP contribution in [0.1, 0.15) is 25.8 Å². The lowest BCUT2D eigenvalue weighted by atomic mass is 9.64. The highest BCUT2D eigenvalue weighted by Gasteiger charge is 2.46. The van der Waals surface area contributed by atoms with Crippen LogP contribution in [-0.2, 0) is 5.41 Å². The summed E-state index contributed by atoms with van der Waals surface area (Å²) in [6.07, 6.45) is 5.14. The zero-order valence-electron chi connectivity index (χ0n) is 11.1. The van der Waals surface area contributed by atoms with E-state index >= 15 is 0 Å². The van der Waals surface area contributed by atoms with E-state index in [-0.39, 0.29) is 11.0 Å². The van der Waals surface area contributed by atoms with Gasteiger partial charge in [-0.3, -0.25) is 0 Å².